The van der Waals surface area contributed by atoms with Crippen LogP contribution in [0.25, 0.3) is 0 Å². The molecular formula is C34H39F2N6O7S+. The number of hydrogen-bond donors (Lipinski definition) is 2. The standard InChI is InChI=1S/C34H38F2N6O7S/c1-40-11-13-41(14-12-40)26-7-8-28(30(22-26)37-25-9-15-48-16-10-25)33(43)38-32-29-5-3-4-6-31(29)42(39-32,34(44)49-18-17-47-2)50(45,46)27-20-23(35)19-24(36)21-27/h3-8,19-22,25H,9-18H2,1-2H3,(H-,37,38,39,43)/p+1. The van der Waals surface area contributed by atoms with Gasteiger partial charge in [-0.05, 0) is 61.4 Å². The zero-order valence-electron chi connectivity index (χ0n) is 27.7. The lowest BCUT2D eigenvalue weighted by molar-refractivity contribution is 0.0872. The molecule has 2 N–H and O–H groups in total. The van der Waals surface area contributed by atoms with E-state index in [4.69, 9.17) is 14.2 Å². The van der Waals surface area contributed by atoms with Crippen molar-refractivity contribution in [1.82, 2.24) is 14.2 Å². The average molecular weight is 714 g/mol. The molecule has 50 heavy (non-hydrogen) atoms. The molecule has 3 aliphatic rings. The Labute approximate surface area is 289 Å². The minimum Gasteiger partial charge on any atom is -0.415 e. The molecule has 2 fully saturated rings. The number of ether oxygens (including phenoxy) is 3. The molecule has 1 atom stereocenters. The minimum absolute atomic E-state index is 0.0468. The number of methoxy groups -OCH3 is 1. The molecule has 3 aromatic carbocycles. The highest BCUT2D eigenvalue weighted by Gasteiger charge is 2.61. The number of para-hydroxylation sites is 1. The SMILES string of the molecule is COCCOC(=O)[N+]1(S(=O)(=O)c2cc(F)cc(F)c2)N=C(NC(=O)c2ccc(N3CCN(C)CC3)cc2NC2CCOCC2)c2ccccc21. The number of halogens is 2. The number of rotatable bonds is 9. The number of nitrogens with zero attached hydrogens (tertiary/aromatic N) is 4. The number of nitrogens with one attached hydrogen (secondary N) is 2. The van der Waals surface area contributed by atoms with Crippen LogP contribution in [0.4, 0.5) is 30.6 Å². The summed E-state index contributed by atoms with van der Waals surface area (Å²) in [4.78, 5) is 31.6. The van der Waals surface area contributed by atoms with Crippen molar-refractivity contribution in [3.05, 3.63) is 83.4 Å². The van der Waals surface area contributed by atoms with Crippen LogP contribution >= 0.6 is 0 Å². The highest BCUT2D eigenvalue weighted by Crippen LogP contribution is 2.42. The van der Waals surface area contributed by atoms with E-state index in [-0.39, 0.29) is 41.9 Å². The summed E-state index contributed by atoms with van der Waals surface area (Å²) in [5.74, 6) is -3.23. The van der Waals surface area contributed by atoms with Gasteiger partial charge in [0, 0.05) is 80.0 Å². The van der Waals surface area contributed by atoms with Gasteiger partial charge in [-0.1, -0.05) is 12.1 Å². The van der Waals surface area contributed by atoms with Crippen LogP contribution in [0.3, 0.4) is 0 Å². The number of piperazine rings is 1. The maximum atomic E-state index is 14.4. The van der Waals surface area contributed by atoms with E-state index < -0.39 is 42.6 Å². The number of likely N-dealkylation sites (N-methyl/N-ethyl adjacent to an activating group) is 1. The summed E-state index contributed by atoms with van der Waals surface area (Å²) in [6.45, 7) is 4.16. The largest absolute Gasteiger partial charge is 0.565 e. The Morgan fingerprint density at radius 2 is 1.68 bits per heavy atom. The van der Waals surface area contributed by atoms with Crippen LogP contribution in [0, 0.1) is 11.6 Å². The number of fused-ring (bicyclic) bond motifs is 1. The molecule has 3 heterocycles. The molecule has 3 aliphatic heterocycles. The Hall–Kier alpha value is -4.48. The van der Waals surface area contributed by atoms with E-state index in [9.17, 15) is 26.8 Å². The Morgan fingerprint density at radius 3 is 2.38 bits per heavy atom. The van der Waals surface area contributed by atoms with Gasteiger partial charge in [0.2, 0.25) is 5.84 Å². The van der Waals surface area contributed by atoms with E-state index in [1.807, 2.05) is 12.1 Å². The molecule has 0 radical (unpaired) electrons. The first-order valence-corrected chi connectivity index (χ1v) is 17.7. The second-order valence-corrected chi connectivity index (χ2v) is 14.2. The van der Waals surface area contributed by atoms with Crippen molar-refractivity contribution in [2.75, 3.05) is 77.0 Å². The average Bonchev–Trinajstić information content (AvgIpc) is 3.44. The molecule has 2 amide bonds. The fraction of sp³-hybridized carbons (Fsp3) is 0.382. The van der Waals surface area contributed by atoms with Crippen LogP contribution in [0.2, 0.25) is 0 Å². The number of hydrogen-bond acceptors (Lipinski definition) is 11. The number of carbonyl (C=O) groups excluding carboxylic acids is 2. The lowest BCUT2D eigenvalue weighted by atomic mass is 10.1. The predicted octanol–water partition coefficient (Wildman–Crippen LogP) is 3.89. The molecular weight excluding hydrogens is 674 g/mol. The van der Waals surface area contributed by atoms with Gasteiger partial charge in [-0.15, -0.1) is 0 Å². The second-order valence-electron chi connectivity index (χ2n) is 12.2. The lowest BCUT2D eigenvalue weighted by Gasteiger charge is -2.34. The highest BCUT2D eigenvalue weighted by molar-refractivity contribution is 7.91. The van der Waals surface area contributed by atoms with Crippen molar-refractivity contribution >= 4 is 44.9 Å². The molecule has 13 nitrogen and oxygen atoms in total. The van der Waals surface area contributed by atoms with Gasteiger partial charge < -0.3 is 34.6 Å². The van der Waals surface area contributed by atoms with Crippen molar-refractivity contribution in [2.45, 2.75) is 23.8 Å². The summed E-state index contributed by atoms with van der Waals surface area (Å²) in [6.07, 6.45) is 0.0922. The minimum atomic E-state index is -5.11. The summed E-state index contributed by atoms with van der Waals surface area (Å²) in [7, 11) is -1.67. The third-order valence-electron chi connectivity index (χ3n) is 8.90. The van der Waals surface area contributed by atoms with E-state index in [1.165, 1.54) is 25.3 Å². The maximum Gasteiger partial charge on any atom is 0.565 e. The van der Waals surface area contributed by atoms with Gasteiger partial charge in [0.05, 0.1) is 17.7 Å². The van der Waals surface area contributed by atoms with E-state index >= 15 is 0 Å². The van der Waals surface area contributed by atoms with E-state index in [0.717, 1.165) is 44.7 Å². The predicted molar refractivity (Wildman–Crippen MR) is 183 cm³/mol. The third-order valence-corrected chi connectivity index (χ3v) is 10.9. The Kier molecular flexibility index (Phi) is 10.5. The number of quaternary nitrogens is 1. The molecule has 3 aromatic rings. The molecule has 16 heteroatoms. The van der Waals surface area contributed by atoms with Crippen molar-refractivity contribution in [3.8, 4) is 0 Å². The topological polar surface area (TPSA) is 139 Å². The highest BCUT2D eigenvalue weighted by atomic mass is 32.2. The van der Waals surface area contributed by atoms with E-state index in [0.29, 0.717) is 37.1 Å². The molecule has 0 spiro atoms. The van der Waals surface area contributed by atoms with Gasteiger partial charge >= 0.3 is 16.1 Å². The van der Waals surface area contributed by atoms with Crippen molar-refractivity contribution in [3.63, 3.8) is 0 Å². The number of amides is 2. The molecule has 0 aliphatic carbocycles. The van der Waals surface area contributed by atoms with Crippen molar-refractivity contribution < 1.29 is 41.0 Å². The summed E-state index contributed by atoms with van der Waals surface area (Å²) < 4.78 is 71.3. The van der Waals surface area contributed by atoms with Gasteiger partial charge in [0.15, 0.2) is 5.69 Å². The summed E-state index contributed by atoms with van der Waals surface area (Å²) >= 11 is 0. The van der Waals surface area contributed by atoms with Gasteiger partial charge in [0.1, 0.15) is 23.1 Å². The molecule has 266 valence electrons. The van der Waals surface area contributed by atoms with E-state index in [1.54, 1.807) is 12.1 Å². The fourth-order valence-electron chi connectivity index (χ4n) is 6.18. The number of amidine groups is 1. The fourth-order valence-corrected chi connectivity index (χ4v) is 7.86. The van der Waals surface area contributed by atoms with Gasteiger partial charge in [-0.3, -0.25) is 4.79 Å². The normalized spacial score (nSPS) is 19.8. The first kappa shape index (κ1) is 35.3. The molecule has 2 saturated heterocycles. The zero-order valence-corrected chi connectivity index (χ0v) is 28.5. The van der Waals surface area contributed by atoms with Gasteiger partial charge in [0.25, 0.3) is 5.91 Å². The number of benzene rings is 3. The van der Waals surface area contributed by atoms with Crippen LogP contribution in [0.15, 0.2) is 70.7 Å². The second kappa shape index (κ2) is 14.8. The number of anilines is 2. The summed E-state index contributed by atoms with van der Waals surface area (Å²) in [5, 5.41) is 10.5. The Bertz CT molecular complexity index is 1880. The lowest BCUT2D eigenvalue weighted by Crippen LogP contribution is -2.53. The van der Waals surface area contributed by atoms with Gasteiger partial charge in [-0.25, -0.2) is 8.78 Å². The van der Waals surface area contributed by atoms with Crippen LogP contribution < -0.4 is 19.5 Å². The molecule has 0 aromatic heterocycles. The third kappa shape index (κ3) is 6.93. The van der Waals surface area contributed by atoms with Crippen molar-refractivity contribution in [2.24, 2.45) is 5.10 Å². The first-order chi connectivity index (χ1) is 24.0. The first-order valence-electron chi connectivity index (χ1n) is 16.2. The van der Waals surface area contributed by atoms with Crippen LogP contribution in [0.1, 0.15) is 28.8 Å². The quantitative estimate of drug-likeness (QED) is 0.248. The molecule has 1 unspecified atom stereocenters. The maximum absolute atomic E-state index is 14.4. The Morgan fingerprint density at radius 1 is 0.980 bits per heavy atom. The van der Waals surface area contributed by atoms with Crippen LogP contribution in [-0.4, -0.2) is 104 Å². The summed E-state index contributed by atoms with van der Waals surface area (Å²) in [6, 6.07) is 13.1. The van der Waals surface area contributed by atoms with Crippen molar-refractivity contribution in [1.29, 1.82) is 0 Å². The Balaban J connectivity index is 1.41. The van der Waals surface area contributed by atoms with Gasteiger partial charge in [-0.2, -0.15) is 13.2 Å². The van der Waals surface area contributed by atoms with Crippen LogP contribution in [-0.2, 0) is 24.2 Å². The van der Waals surface area contributed by atoms with E-state index in [2.05, 4.69) is 32.6 Å². The molecule has 0 saturated carbocycles. The monoisotopic (exact) mass is 713 g/mol. The summed E-state index contributed by atoms with van der Waals surface area (Å²) in [5.41, 5.74) is 1.66. The number of sulfonamides is 1. The number of carbonyl (C=O) groups is 2. The smallest absolute Gasteiger partial charge is 0.415 e. The molecule has 0 bridgehead atoms. The van der Waals surface area contributed by atoms with Crippen LogP contribution in [0.5, 0.6) is 0 Å². The zero-order chi connectivity index (χ0) is 35.5. The molecule has 6 rings (SSSR count).